The summed E-state index contributed by atoms with van der Waals surface area (Å²) in [6.45, 7) is 2.99. The largest absolute Gasteiger partial charge is 0.383 e. The van der Waals surface area contributed by atoms with E-state index in [9.17, 15) is 15.3 Å². The molecule has 2 N–H and O–H groups in total. The zero-order valence-electron chi connectivity index (χ0n) is 19.3. The molecule has 172 valence electrons. The van der Waals surface area contributed by atoms with Crippen LogP contribution < -0.4 is 10.6 Å². The molecule has 1 saturated carbocycles. The fourth-order valence-corrected chi connectivity index (χ4v) is 3.98. The maximum Gasteiger partial charge on any atom is 0.255 e. The van der Waals surface area contributed by atoms with Crippen molar-refractivity contribution in [3.05, 3.63) is 65.1 Å². The maximum absolute atomic E-state index is 12.9. The number of nitriles is 2. The van der Waals surface area contributed by atoms with E-state index in [4.69, 9.17) is 4.74 Å². The van der Waals surface area contributed by atoms with E-state index in [1.807, 2.05) is 31.3 Å². The molecule has 8 nitrogen and oxygen atoms in total. The Balaban J connectivity index is 1.53. The van der Waals surface area contributed by atoms with Crippen LogP contribution in [0.4, 0.5) is 5.69 Å². The van der Waals surface area contributed by atoms with Gasteiger partial charge in [0.15, 0.2) is 0 Å². The van der Waals surface area contributed by atoms with Gasteiger partial charge in [0, 0.05) is 30.8 Å². The van der Waals surface area contributed by atoms with Gasteiger partial charge in [-0.2, -0.15) is 10.5 Å². The van der Waals surface area contributed by atoms with Gasteiger partial charge in [0.1, 0.15) is 11.8 Å². The molecule has 34 heavy (non-hydrogen) atoms. The number of carbonyl (C=O) groups excluding carboxylic acids is 1. The van der Waals surface area contributed by atoms with Crippen LogP contribution in [0.1, 0.15) is 46.4 Å². The van der Waals surface area contributed by atoms with Crippen LogP contribution in [0, 0.1) is 35.5 Å². The number of aryl methyl sites for hydroxylation is 1. The van der Waals surface area contributed by atoms with Crippen LogP contribution in [0.15, 0.2) is 47.7 Å². The molecule has 2 heterocycles. The first-order chi connectivity index (χ1) is 16.5. The second-order valence-electron chi connectivity index (χ2n) is 8.57. The number of hydrogen-bond acceptors (Lipinski definition) is 6. The first-order valence-corrected chi connectivity index (χ1v) is 11.2. The number of anilines is 1. The molecule has 0 spiro atoms. The number of benzene rings is 1. The Morgan fingerprint density at radius 1 is 1.32 bits per heavy atom. The number of hydrogen-bond donors (Lipinski definition) is 2. The van der Waals surface area contributed by atoms with E-state index in [1.54, 1.807) is 25.4 Å². The number of nitrogens with one attached hydrogen (secondary N) is 2. The van der Waals surface area contributed by atoms with E-state index in [0.717, 1.165) is 29.5 Å². The Morgan fingerprint density at radius 3 is 2.85 bits per heavy atom. The lowest BCUT2D eigenvalue weighted by molar-refractivity contribution is 0.102. The van der Waals surface area contributed by atoms with Gasteiger partial charge in [0.25, 0.3) is 5.91 Å². The van der Waals surface area contributed by atoms with Crippen LogP contribution in [0.3, 0.4) is 0 Å². The average Bonchev–Trinajstić information content (AvgIpc) is 3.67. The molecular weight excluding hydrogens is 428 g/mol. The zero-order valence-corrected chi connectivity index (χ0v) is 19.3. The van der Waals surface area contributed by atoms with Crippen molar-refractivity contribution in [2.45, 2.75) is 31.6 Å². The number of ether oxygens (including phenoxy) is 1. The third-order valence-corrected chi connectivity index (χ3v) is 6.20. The van der Waals surface area contributed by atoms with Crippen molar-refractivity contribution in [1.29, 1.82) is 10.5 Å². The maximum atomic E-state index is 12.9. The Hall–Kier alpha value is -4.01. The Labute approximate surface area is 199 Å². The summed E-state index contributed by atoms with van der Waals surface area (Å²) in [6, 6.07) is 13.7. The van der Waals surface area contributed by atoms with E-state index in [-0.39, 0.29) is 11.8 Å². The van der Waals surface area contributed by atoms with Gasteiger partial charge in [0.05, 0.1) is 36.4 Å². The van der Waals surface area contributed by atoms with Crippen molar-refractivity contribution in [2.75, 3.05) is 25.6 Å². The monoisotopic (exact) mass is 454 g/mol. The molecule has 1 aromatic heterocycles. The molecule has 8 heteroatoms. The smallest absolute Gasteiger partial charge is 0.255 e. The van der Waals surface area contributed by atoms with Gasteiger partial charge in [-0.3, -0.25) is 14.8 Å². The van der Waals surface area contributed by atoms with Crippen LogP contribution in [0.25, 0.3) is 5.57 Å². The number of pyridine rings is 1. The van der Waals surface area contributed by atoms with Gasteiger partial charge < -0.3 is 15.4 Å². The molecule has 0 radical (unpaired) electrons. The van der Waals surface area contributed by atoms with E-state index >= 15 is 0 Å². The van der Waals surface area contributed by atoms with E-state index in [2.05, 4.69) is 32.7 Å². The molecule has 1 aliphatic carbocycles. The van der Waals surface area contributed by atoms with E-state index in [0.29, 0.717) is 42.4 Å². The highest BCUT2D eigenvalue weighted by molar-refractivity contribution is 6.04. The quantitative estimate of drug-likeness (QED) is 0.615. The van der Waals surface area contributed by atoms with Crippen molar-refractivity contribution < 1.29 is 9.53 Å². The van der Waals surface area contributed by atoms with Crippen molar-refractivity contribution in [3.63, 3.8) is 0 Å². The highest BCUT2D eigenvalue weighted by Gasteiger charge is 2.46. The summed E-state index contributed by atoms with van der Waals surface area (Å²) in [4.78, 5) is 21.7. The summed E-state index contributed by atoms with van der Waals surface area (Å²) in [7, 11) is 1.62. The number of methoxy groups -OCH3 is 1. The first-order valence-electron chi connectivity index (χ1n) is 11.2. The summed E-state index contributed by atoms with van der Waals surface area (Å²) >= 11 is 0. The predicted molar refractivity (Wildman–Crippen MR) is 129 cm³/mol. The number of allylic oxidation sites excluding steroid dienone is 1. The third-order valence-electron chi connectivity index (χ3n) is 6.20. The van der Waals surface area contributed by atoms with Crippen LogP contribution in [0.5, 0.6) is 0 Å². The number of aliphatic imine (C=N–C) groups is 1. The van der Waals surface area contributed by atoms with Crippen LogP contribution >= 0.6 is 0 Å². The molecule has 0 bridgehead atoms. The van der Waals surface area contributed by atoms with Gasteiger partial charge in [-0.1, -0.05) is 6.07 Å². The predicted octanol–water partition coefficient (Wildman–Crippen LogP) is 3.72. The zero-order chi connectivity index (χ0) is 24.1. The number of nitrogens with zero attached hydrogens (tertiary/aromatic N) is 4. The minimum Gasteiger partial charge on any atom is -0.383 e. The summed E-state index contributed by atoms with van der Waals surface area (Å²) in [5.74, 6) is 0.00901. The fraction of sp³-hybridized carbons (Fsp3) is 0.346. The minimum atomic E-state index is -0.545. The number of amides is 1. The number of aromatic nitrogens is 1. The molecule has 4 rings (SSSR count). The van der Waals surface area contributed by atoms with Gasteiger partial charge in [-0.15, -0.1) is 0 Å². The van der Waals surface area contributed by atoms with Crippen LogP contribution in [-0.4, -0.2) is 37.0 Å². The number of carbonyl (C=O) groups is 1. The molecule has 0 unspecified atom stereocenters. The highest BCUT2D eigenvalue weighted by atomic mass is 16.5. The standard InChI is InChI=1S/C26H26N6O2/c1-17-3-4-21(32-25(33)18-5-8-29-23(12-18)26(16-28)6-7-26)13-22(17)20-11-19(14-27)24(31-15-20)30-9-10-34-2/h3-5,8,12-13,15,19H,6-7,9-11H2,1-2H3,(H,30,31)(H,32,33)/t19-/m1/s1. The molecule has 1 atom stereocenters. The van der Waals surface area contributed by atoms with Crippen molar-refractivity contribution >= 4 is 23.0 Å². The number of amidine groups is 1. The van der Waals surface area contributed by atoms with Gasteiger partial charge >= 0.3 is 0 Å². The van der Waals surface area contributed by atoms with Crippen molar-refractivity contribution in [3.8, 4) is 12.1 Å². The molecule has 2 aromatic rings. The highest BCUT2D eigenvalue weighted by Crippen LogP contribution is 2.46. The summed E-state index contributed by atoms with van der Waals surface area (Å²) in [5.41, 5.74) is 4.19. The molecule has 1 aromatic carbocycles. The Morgan fingerprint density at radius 2 is 2.15 bits per heavy atom. The SMILES string of the molecule is COCCN=C1NC=C(c2cc(NC(=O)c3ccnc(C4(C#N)CC4)c3)ccc2C)C[C@@H]1C#N. The number of rotatable bonds is 7. The third kappa shape index (κ3) is 4.83. The second-order valence-corrected chi connectivity index (χ2v) is 8.57. The molecular formula is C26H26N6O2. The van der Waals surface area contributed by atoms with Gasteiger partial charge in [-0.05, 0) is 67.2 Å². The summed E-state index contributed by atoms with van der Waals surface area (Å²) in [6.07, 6.45) is 5.52. The first kappa shape index (κ1) is 23.2. The fourth-order valence-electron chi connectivity index (χ4n) is 3.98. The second kappa shape index (κ2) is 9.86. The van der Waals surface area contributed by atoms with Gasteiger partial charge in [-0.25, -0.2) is 0 Å². The van der Waals surface area contributed by atoms with Crippen LogP contribution in [0.2, 0.25) is 0 Å². The lowest BCUT2D eigenvalue weighted by Crippen LogP contribution is -2.31. The lowest BCUT2D eigenvalue weighted by atomic mass is 9.89. The van der Waals surface area contributed by atoms with Gasteiger partial charge in [0.2, 0.25) is 0 Å². The Kier molecular flexibility index (Phi) is 6.72. The Bertz CT molecular complexity index is 1250. The molecule has 2 aliphatic rings. The summed E-state index contributed by atoms with van der Waals surface area (Å²) < 4.78 is 5.03. The van der Waals surface area contributed by atoms with Crippen molar-refractivity contribution in [2.24, 2.45) is 10.9 Å². The van der Waals surface area contributed by atoms with Crippen molar-refractivity contribution in [1.82, 2.24) is 10.3 Å². The minimum absolute atomic E-state index is 0.259. The molecule has 1 aliphatic heterocycles. The van der Waals surface area contributed by atoms with E-state index in [1.165, 1.54) is 0 Å². The average molecular weight is 455 g/mol. The van der Waals surface area contributed by atoms with Crippen LogP contribution in [-0.2, 0) is 10.2 Å². The normalized spacial score (nSPS) is 19.4. The molecule has 0 saturated heterocycles. The topological polar surface area (TPSA) is 123 Å². The molecule has 1 amide bonds. The van der Waals surface area contributed by atoms with E-state index < -0.39 is 5.41 Å². The molecule has 1 fully saturated rings. The lowest BCUT2D eigenvalue weighted by Gasteiger charge is -2.23. The summed E-state index contributed by atoms with van der Waals surface area (Å²) in [5, 5.41) is 25.2.